The van der Waals surface area contributed by atoms with Gasteiger partial charge in [-0.3, -0.25) is 4.90 Å². The molecule has 1 saturated heterocycles. The third kappa shape index (κ3) is 1.88. The van der Waals surface area contributed by atoms with E-state index in [1.165, 1.54) is 50.9 Å². The van der Waals surface area contributed by atoms with Crippen LogP contribution in [0.2, 0.25) is 0 Å². The molecule has 3 rings (SSSR count). The molecule has 2 fully saturated rings. The van der Waals surface area contributed by atoms with Crippen LogP contribution in [0.4, 0.5) is 0 Å². The predicted molar refractivity (Wildman–Crippen MR) is 64.1 cm³/mol. The number of nitrogens with one attached hydrogen (secondary N) is 1. The van der Waals surface area contributed by atoms with Crippen molar-refractivity contribution in [3.8, 4) is 0 Å². The molecule has 1 spiro atoms. The molecule has 0 unspecified atom stereocenters. The van der Waals surface area contributed by atoms with Crippen molar-refractivity contribution in [2.75, 3.05) is 13.1 Å². The highest BCUT2D eigenvalue weighted by molar-refractivity contribution is 5.00. The third-order valence-corrected chi connectivity index (χ3v) is 4.31. The van der Waals surface area contributed by atoms with E-state index in [4.69, 9.17) is 0 Å². The second-order valence-corrected chi connectivity index (χ2v) is 5.68. The predicted octanol–water partition coefficient (Wildman–Crippen LogP) is 2.48. The van der Waals surface area contributed by atoms with Gasteiger partial charge in [-0.25, -0.2) is 4.98 Å². The van der Waals surface area contributed by atoms with Gasteiger partial charge in [0.25, 0.3) is 0 Å². The summed E-state index contributed by atoms with van der Waals surface area (Å²) in [5, 5.41) is 0. The molecule has 0 aromatic carbocycles. The average molecular weight is 219 g/mol. The number of hydrogen-bond acceptors (Lipinski definition) is 2. The van der Waals surface area contributed by atoms with Crippen molar-refractivity contribution in [1.82, 2.24) is 14.9 Å². The Labute approximate surface area is 97.3 Å². The summed E-state index contributed by atoms with van der Waals surface area (Å²) >= 11 is 0. The molecule has 1 aromatic rings. The van der Waals surface area contributed by atoms with E-state index in [0.29, 0.717) is 5.41 Å². The highest BCUT2D eigenvalue weighted by Gasteiger charge is 2.39. The SMILES string of the molecule is Cc1cnc(CN2CCC3(CCCC3)C2)[nH]1. The van der Waals surface area contributed by atoms with Gasteiger partial charge in [-0.15, -0.1) is 0 Å². The molecule has 0 amide bonds. The van der Waals surface area contributed by atoms with Gasteiger partial charge >= 0.3 is 0 Å². The number of H-pyrrole nitrogens is 1. The lowest BCUT2D eigenvalue weighted by Gasteiger charge is -2.23. The Bertz CT molecular complexity index is 363. The Morgan fingerprint density at radius 2 is 2.19 bits per heavy atom. The smallest absolute Gasteiger partial charge is 0.120 e. The van der Waals surface area contributed by atoms with Gasteiger partial charge < -0.3 is 4.98 Å². The number of nitrogens with zero attached hydrogens (tertiary/aromatic N) is 2. The number of rotatable bonds is 2. The quantitative estimate of drug-likeness (QED) is 0.828. The molecule has 16 heavy (non-hydrogen) atoms. The van der Waals surface area contributed by atoms with Crippen LogP contribution < -0.4 is 0 Å². The Morgan fingerprint density at radius 3 is 2.88 bits per heavy atom. The molecule has 3 nitrogen and oxygen atoms in total. The van der Waals surface area contributed by atoms with E-state index < -0.39 is 0 Å². The highest BCUT2D eigenvalue weighted by Crippen LogP contribution is 2.45. The standard InChI is InChI=1S/C13H21N3/c1-11-8-14-12(15-11)9-16-7-6-13(10-16)4-2-3-5-13/h8H,2-7,9-10H2,1H3,(H,14,15). The van der Waals surface area contributed by atoms with Gasteiger partial charge in [0.05, 0.1) is 6.54 Å². The van der Waals surface area contributed by atoms with Crippen molar-refractivity contribution in [3.63, 3.8) is 0 Å². The number of aromatic nitrogens is 2. The molecule has 0 bridgehead atoms. The van der Waals surface area contributed by atoms with E-state index in [1.54, 1.807) is 0 Å². The minimum absolute atomic E-state index is 0.682. The van der Waals surface area contributed by atoms with Crippen LogP contribution in [-0.2, 0) is 6.54 Å². The zero-order valence-electron chi connectivity index (χ0n) is 10.1. The molecule has 1 aromatic heterocycles. The summed E-state index contributed by atoms with van der Waals surface area (Å²) < 4.78 is 0. The number of aromatic amines is 1. The van der Waals surface area contributed by atoms with Crippen LogP contribution in [-0.4, -0.2) is 28.0 Å². The van der Waals surface area contributed by atoms with Gasteiger partial charge in [0.15, 0.2) is 0 Å². The molecule has 2 aliphatic rings. The maximum Gasteiger partial charge on any atom is 0.120 e. The van der Waals surface area contributed by atoms with E-state index in [2.05, 4.69) is 21.8 Å². The summed E-state index contributed by atoms with van der Waals surface area (Å²) in [6.45, 7) is 5.64. The summed E-state index contributed by atoms with van der Waals surface area (Å²) in [6, 6.07) is 0. The van der Waals surface area contributed by atoms with Crippen LogP contribution in [0.25, 0.3) is 0 Å². The second kappa shape index (κ2) is 3.88. The molecule has 88 valence electrons. The van der Waals surface area contributed by atoms with Crippen LogP contribution in [0.5, 0.6) is 0 Å². The molecule has 2 heterocycles. The Hall–Kier alpha value is -0.830. The average Bonchev–Trinajstić information content (AvgIpc) is 2.94. The first-order valence-electron chi connectivity index (χ1n) is 6.49. The van der Waals surface area contributed by atoms with Crippen LogP contribution in [0.1, 0.15) is 43.6 Å². The van der Waals surface area contributed by atoms with Crippen molar-refractivity contribution < 1.29 is 0 Å². The molecule has 1 aliphatic heterocycles. The van der Waals surface area contributed by atoms with Crippen LogP contribution in [0, 0.1) is 12.3 Å². The number of imidazole rings is 1. The summed E-state index contributed by atoms with van der Waals surface area (Å²) in [5.41, 5.74) is 1.85. The van der Waals surface area contributed by atoms with Crippen LogP contribution in [0.3, 0.4) is 0 Å². The van der Waals surface area contributed by atoms with Crippen molar-refractivity contribution in [2.24, 2.45) is 5.41 Å². The largest absolute Gasteiger partial charge is 0.345 e. The number of hydrogen-bond donors (Lipinski definition) is 1. The third-order valence-electron chi connectivity index (χ3n) is 4.31. The molecule has 1 N–H and O–H groups in total. The lowest BCUT2D eigenvalue weighted by atomic mass is 9.86. The van der Waals surface area contributed by atoms with Gasteiger partial charge in [-0.1, -0.05) is 12.8 Å². The van der Waals surface area contributed by atoms with Crippen molar-refractivity contribution in [2.45, 2.75) is 45.6 Å². The maximum absolute atomic E-state index is 4.40. The summed E-state index contributed by atoms with van der Waals surface area (Å²) in [4.78, 5) is 10.3. The Kier molecular flexibility index (Phi) is 2.51. The Balaban J connectivity index is 1.61. The summed E-state index contributed by atoms with van der Waals surface area (Å²) in [5.74, 6) is 1.13. The lowest BCUT2D eigenvalue weighted by molar-refractivity contribution is 0.252. The van der Waals surface area contributed by atoms with Gasteiger partial charge in [0.2, 0.25) is 0 Å². The van der Waals surface area contributed by atoms with E-state index in [-0.39, 0.29) is 0 Å². The van der Waals surface area contributed by atoms with Crippen LogP contribution >= 0.6 is 0 Å². The van der Waals surface area contributed by atoms with Gasteiger partial charge in [0, 0.05) is 18.4 Å². The second-order valence-electron chi connectivity index (χ2n) is 5.68. The minimum atomic E-state index is 0.682. The van der Waals surface area contributed by atoms with Gasteiger partial charge in [0.1, 0.15) is 5.82 Å². The maximum atomic E-state index is 4.40. The fourth-order valence-electron chi connectivity index (χ4n) is 3.45. The topological polar surface area (TPSA) is 31.9 Å². The lowest BCUT2D eigenvalue weighted by Crippen LogP contribution is -2.25. The molecule has 0 atom stereocenters. The fraction of sp³-hybridized carbons (Fsp3) is 0.769. The summed E-state index contributed by atoms with van der Waals surface area (Å²) in [6.07, 6.45) is 9.16. The first kappa shape index (κ1) is 10.3. The fourth-order valence-corrected chi connectivity index (χ4v) is 3.45. The Morgan fingerprint density at radius 1 is 1.38 bits per heavy atom. The van der Waals surface area contributed by atoms with Crippen molar-refractivity contribution in [1.29, 1.82) is 0 Å². The minimum Gasteiger partial charge on any atom is -0.345 e. The van der Waals surface area contributed by atoms with E-state index in [0.717, 1.165) is 12.4 Å². The number of likely N-dealkylation sites (tertiary alicyclic amines) is 1. The van der Waals surface area contributed by atoms with E-state index in [9.17, 15) is 0 Å². The van der Waals surface area contributed by atoms with Gasteiger partial charge in [-0.2, -0.15) is 0 Å². The van der Waals surface area contributed by atoms with E-state index in [1.807, 2.05) is 6.20 Å². The zero-order valence-corrected chi connectivity index (χ0v) is 10.1. The monoisotopic (exact) mass is 219 g/mol. The first-order valence-corrected chi connectivity index (χ1v) is 6.49. The molecular formula is C13H21N3. The molecule has 1 saturated carbocycles. The first-order chi connectivity index (χ1) is 7.76. The summed E-state index contributed by atoms with van der Waals surface area (Å²) in [7, 11) is 0. The molecule has 1 aliphatic carbocycles. The normalized spacial score (nSPS) is 24.6. The van der Waals surface area contributed by atoms with Gasteiger partial charge in [-0.05, 0) is 38.1 Å². The zero-order chi connectivity index (χ0) is 11.0. The molecule has 0 radical (unpaired) electrons. The number of aryl methyl sites for hydroxylation is 1. The molecular weight excluding hydrogens is 198 g/mol. The van der Waals surface area contributed by atoms with Crippen molar-refractivity contribution in [3.05, 3.63) is 17.7 Å². The van der Waals surface area contributed by atoms with Crippen LogP contribution in [0.15, 0.2) is 6.20 Å². The van der Waals surface area contributed by atoms with E-state index >= 15 is 0 Å². The van der Waals surface area contributed by atoms with Crippen molar-refractivity contribution >= 4 is 0 Å². The molecule has 3 heteroatoms. The highest BCUT2D eigenvalue weighted by atomic mass is 15.2.